The van der Waals surface area contributed by atoms with Gasteiger partial charge in [-0.05, 0) is 35.7 Å². The van der Waals surface area contributed by atoms with Gasteiger partial charge in [0, 0.05) is 25.8 Å². The van der Waals surface area contributed by atoms with Crippen LogP contribution >= 0.6 is 0 Å². The average molecular weight is 312 g/mol. The lowest BCUT2D eigenvalue weighted by Gasteiger charge is -2.17. The van der Waals surface area contributed by atoms with Gasteiger partial charge in [0.05, 0.1) is 13.0 Å². The van der Waals surface area contributed by atoms with Gasteiger partial charge in [-0.3, -0.25) is 4.79 Å². The van der Waals surface area contributed by atoms with Gasteiger partial charge in [0.2, 0.25) is 5.91 Å². The van der Waals surface area contributed by atoms with Crippen molar-refractivity contribution in [1.82, 2.24) is 4.90 Å². The summed E-state index contributed by atoms with van der Waals surface area (Å²) in [5.74, 6) is 0.0971. The third-order valence-electron chi connectivity index (χ3n) is 3.82. The van der Waals surface area contributed by atoms with Crippen LogP contribution in [0.25, 0.3) is 0 Å². The summed E-state index contributed by atoms with van der Waals surface area (Å²) in [6.07, 6.45) is 0.418. The zero-order chi connectivity index (χ0) is 16.8. The minimum atomic E-state index is 0.0508. The van der Waals surface area contributed by atoms with Crippen molar-refractivity contribution in [2.24, 2.45) is 0 Å². The van der Waals surface area contributed by atoms with Gasteiger partial charge in [-0.1, -0.05) is 36.4 Å². The second-order valence-electron chi connectivity index (χ2n) is 5.93. The number of hydrogen-bond donors (Lipinski definition) is 2. The SMILES string of the molecule is CC(Nc1ccc(CC(=O)N(C)C)cc1)c1cccc(CO)c1. The maximum Gasteiger partial charge on any atom is 0.226 e. The maximum atomic E-state index is 11.7. The molecule has 0 saturated heterocycles. The van der Waals surface area contributed by atoms with Crippen LogP contribution in [0.5, 0.6) is 0 Å². The van der Waals surface area contributed by atoms with Crippen molar-refractivity contribution in [3.8, 4) is 0 Å². The number of nitrogens with one attached hydrogen (secondary N) is 1. The zero-order valence-electron chi connectivity index (χ0n) is 13.9. The van der Waals surface area contributed by atoms with Crippen LogP contribution < -0.4 is 5.32 Å². The Morgan fingerprint density at radius 2 is 1.83 bits per heavy atom. The van der Waals surface area contributed by atoms with Crippen LogP contribution in [0.15, 0.2) is 48.5 Å². The van der Waals surface area contributed by atoms with E-state index in [1.165, 1.54) is 0 Å². The van der Waals surface area contributed by atoms with E-state index in [1.807, 2.05) is 48.5 Å². The largest absolute Gasteiger partial charge is 0.392 e. The van der Waals surface area contributed by atoms with E-state index in [9.17, 15) is 9.90 Å². The Balaban J connectivity index is 2.01. The van der Waals surface area contributed by atoms with E-state index in [2.05, 4.69) is 12.2 Å². The summed E-state index contributed by atoms with van der Waals surface area (Å²) in [7, 11) is 3.53. The predicted octanol–water partition coefficient (Wildman–Crippen LogP) is 2.98. The van der Waals surface area contributed by atoms with Crippen molar-refractivity contribution in [3.05, 3.63) is 65.2 Å². The smallest absolute Gasteiger partial charge is 0.226 e. The van der Waals surface area contributed by atoms with Gasteiger partial charge in [0.15, 0.2) is 0 Å². The summed E-state index contributed by atoms with van der Waals surface area (Å²) in [5.41, 5.74) is 4.05. The molecule has 0 aliphatic heterocycles. The molecule has 2 rings (SSSR count). The number of carbonyl (C=O) groups excluding carboxylic acids is 1. The minimum Gasteiger partial charge on any atom is -0.392 e. The molecular weight excluding hydrogens is 288 g/mol. The van der Waals surface area contributed by atoms with Gasteiger partial charge in [-0.25, -0.2) is 0 Å². The highest BCUT2D eigenvalue weighted by Gasteiger charge is 2.08. The number of rotatable bonds is 6. The first-order valence-electron chi connectivity index (χ1n) is 7.75. The normalized spacial score (nSPS) is 11.8. The van der Waals surface area contributed by atoms with Crippen LogP contribution in [-0.4, -0.2) is 30.0 Å². The fourth-order valence-corrected chi connectivity index (χ4v) is 2.35. The first-order valence-corrected chi connectivity index (χ1v) is 7.75. The molecule has 0 aliphatic carbocycles. The predicted molar refractivity (Wildman–Crippen MR) is 93.2 cm³/mol. The van der Waals surface area contributed by atoms with Crippen LogP contribution in [0.3, 0.4) is 0 Å². The van der Waals surface area contributed by atoms with E-state index in [0.717, 1.165) is 22.4 Å². The Bertz CT molecular complexity index is 651. The second-order valence-corrected chi connectivity index (χ2v) is 5.93. The van der Waals surface area contributed by atoms with Gasteiger partial charge in [0.1, 0.15) is 0 Å². The third-order valence-corrected chi connectivity index (χ3v) is 3.82. The molecular formula is C19H24N2O2. The Labute approximate surface area is 137 Å². The van der Waals surface area contributed by atoms with Crippen molar-refractivity contribution in [2.45, 2.75) is 26.0 Å². The first-order chi connectivity index (χ1) is 11.0. The zero-order valence-corrected chi connectivity index (χ0v) is 13.9. The monoisotopic (exact) mass is 312 g/mol. The summed E-state index contributed by atoms with van der Waals surface area (Å²) in [6, 6.07) is 16.0. The van der Waals surface area contributed by atoms with Crippen LogP contribution in [0.1, 0.15) is 29.7 Å². The van der Waals surface area contributed by atoms with Crippen molar-refractivity contribution < 1.29 is 9.90 Å². The molecule has 4 heteroatoms. The van der Waals surface area contributed by atoms with E-state index in [-0.39, 0.29) is 18.6 Å². The molecule has 1 amide bonds. The molecule has 2 N–H and O–H groups in total. The van der Waals surface area contributed by atoms with Gasteiger partial charge in [0.25, 0.3) is 0 Å². The highest BCUT2D eigenvalue weighted by Crippen LogP contribution is 2.20. The number of carbonyl (C=O) groups is 1. The average Bonchev–Trinajstić information content (AvgIpc) is 2.56. The highest BCUT2D eigenvalue weighted by molar-refractivity contribution is 5.78. The molecule has 122 valence electrons. The molecule has 2 aromatic carbocycles. The maximum absolute atomic E-state index is 11.7. The van der Waals surface area contributed by atoms with Gasteiger partial charge in [-0.15, -0.1) is 0 Å². The van der Waals surface area contributed by atoms with Gasteiger partial charge in [-0.2, -0.15) is 0 Å². The lowest BCUT2D eigenvalue weighted by molar-refractivity contribution is -0.127. The number of hydrogen-bond acceptors (Lipinski definition) is 3. The molecule has 0 spiro atoms. The summed E-state index contributed by atoms with van der Waals surface area (Å²) >= 11 is 0. The molecule has 2 aromatic rings. The van der Waals surface area contributed by atoms with E-state index >= 15 is 0 Å². The van der Waals surface area contributed by atoms with Gasteiger partial charge < -0.3 is 15.3 Å². The number of anilines is 1. The quantitative estimate of drug-likeness (QED) is 0.862. The molecule has 1 atom stereocenters. The number of likely N-dealkylation sites (N-methyl/N-ethyl adjacent to an activating group) is 1. The summed E-state index contributed by atoms with van der Waals surface area (Å²) in [5, 5.41) is 12.7. The molecule has 1 unspecified atom stereocenters. The summed E-state index contributed by atoms with van der Waals surface area (Å²) in [6.45, 7) is 2.13. The number of nitrogens with zero attached hydrogens (tertiary/aromatic N) is 1. The standard InChI is InChI=1S/C19H24N2O2/c1-14(17-6-4-5-16(11-17)13-22)20-18-9-7-15(8-10-18)12-19(23)21(2)3/h4-11,14,20,22H,12-13H2,1-3H3. The Kier molecular flexibility index (Phi) is 5.77. The number of benzene rings is 2. The minimum absolute atomic E-state index is 0.0508. The summed E-state index contributed by atoms with van der Waals surface area (Å²) in [4.78, 5) is 13.3. The number of amides is 1. The van der Waals surface area contributed by atoms with Crippen molar-refractivity contribution >= 4 is 11.6 Å². The lowest BCUT2D eigenvalue weighted by Crippen LogP contribution is -2.23. The summed E-state index contributed by atoms with van der Waals surface area (Å²) < 4.78 is 0. The Morgan fingerprint density at radius 3 is 2.43 bits per heavy atom. The fraction of sp³-hybridized carbons (Fsp3) is 0.316. The van der Waals surface area contributed by atoms with Crippen LogP contribution in [0, 0.1) is 0 Å². The van der Waals surface area contributed by atoms with E-state index in [4.69, 9.17) is 0 Å². The molecule has 4 nitrogen and oxygen atoms in total. The molecule has 0 heterocycles. The third kappa shape index (κ3) is 4.83. The molecule has 23 heavy (non-hydrogen) atoms. The van der Waals surface area contributed by atoms with Crippen molar-refractivity contribution in [3.63, 3.8) is 0 Å². The Hall–Kier alpha value is -2.33. The molecule has 0 bridgehead atoms. The van der Waals surface area contributed by atoms with Crippen LogP contribution in [0.4, 0.5) is 5.69 Å². The molecule has 0 radical (unpaired) electrons. The van der Waals surface area contributed by atoms with Gasteiger partial charge >= 0.3 is 0 Å². The molecule has 0 fully saturated rings. The van der Waals surface area contributed by atoms with Crippen LogP contribution in [-0.2, 0) is 17.8 Å². The fourth-order valence-electron chi connectivity index (χ4n) is 2.35. The van der Waals surface area contributed by atoms with E-state index in [1.54, 1.807) is 19.0 Å². The number of aliphatic hydroxyl groups excluding tert-OH is 1. The highest BCUT2D eigenvalue weighted by atomic mass is 16.3. The Morgan fingerprint density at radius 1 is 1.13 bits per heavy atom. The van der Waals surface area contributed by atoms with Crippen LogP contribution in [0.2, 0.25) is 0 Å². The van der Waals surface area contributed by atoms with Crippen molar-refractivity contribution in [1.29, 1.82) is 0 Å². The molecule has 0 aliphatic rings. The number of aliphatic hydroxyl groups is 1. The van der Waals surface area contributed by atoms with E-state index in [0.29, 0.717) is 6.42 Å². The van der Waals surface area contributed by atoms with Crippen molar-refractivity contribution in [2.75, 3.05) is 19.4 Å². The first kappa shape index (κ1) is 17.0. The topological polar surface area (TPSA) is 52.6 Å². The molecule has 0 aromatic heterocycles. The van der Waals surface area contributed by atoms with E-state index < -0.39 is 0 Å². The second kappa shape index (κ2) is 7.79. The molecule has 0 saturated carbocycles. The lowest BCUT2D eigenvalue weighted by atomic mass is 10.0.